The Morgan fingerprint density at radius 3 is 2.29 bits per heavy atom. The number of carbonyl (C=O) groups excluding carboxylic acids is 1. The highest BCUT2D eigenvalue weighted by atomic mass is 32.2. The Balaban J connectivity index is 2.16. The quantitative estimate of drug-likeness (QED) is 0.837. The number of sulfonamides is 1. The van der Waals surface area contributed by atoms with Crippen LogP contribution in [0, 0.1) is 5.92 Å². The van der Waals surface area contributed by atoms with Crippen molar-refractivity contribution in [3.05, 3.63) is 29.8 Å². The lowest BCUT2D eigenvalue weighted by Crippen LogP contribution is -2.46. The summed E-state index contributed by atoms with van der Waals surface area (Å²) in [6, 6.07) is 6.29. The monoisotopic (exact) mass is 310 g/mol. The highest BCUT2D eigenvalue weighted by Crippen LogP contribution is 2.18. The highest BCUT2D eigenvalue weighted by Gasteiger charge is 2.25. The molecule has 0 amide bonds. The first kappa shape index (κ1) is 16.1. The number of ketones is 1. The van der Waals surface area contributed by atoms with Gasteiger partial charge in [0.2, 0.25) is 10.0 Å². The summed E-state index contributed by atoms with van der Waals surface area (Å²) in [7, 11) is -3.45. The third-order valence-electron chi connectivity index (χ3n) is 3.48. The highest BCUT2D eigenvalue weighted by molar-refractivity contribution is 7.89. The van der Waals surface area contributed by atoms with Crippen LogP contribution in [-0.4, -0.2) is 44.7 Å². The van der Waals surface area contributed by atoms with Gasteiger partial charge in [0.1, 0.15) is 0 Å². The molecule has 5 nitrogen and oxygen atoms in total. The molecule has 1 aromatic rings. The van der Waals surface area contributed by atoms with E-state index < -0.39 is 10.0 Å². The predicted molar refractivity (Wildman–Crippen MR) is 81.9 cm³/mol. The third-order valence-corrected chi connectivity index (χ3v) is 5.40. The van der Waals surface area contributed by atoms with Gasteiger partial charge in [0, 0.05) is 38.2 Å². The molecule has 21 heavy (non-hydrogen) atoms. The van der Waals surface area contributed by atoms with Gasteiger partial charge < -0.3 is 5.32 Å². The first-order chi connectivity index (χ1) is 9.91. The molecule has 1 aliphatic heterocycles. The van der Waals surface area contributed by atoms with Crippen LogP contribution in [-0.2, 0) is 10.0 Å². The summed E-state index contributed by atoms with van der Waals surface area (Å²) in [5.74, 6) is 0.345. The number of nitrogens with one attached hydrogen (secondary N) is 1. The van der Waals surface area contributed by atoms with Crippen LogP contribution in [0.2, 0.25) is 0 Å². The number of hydrogen-bond donors (Lipinski definition) is 1. The van der Waals surface area contributed by atoms with Crippen molar-refractivity contribution in [2.24, 2.45) is 5.92 Å². The van der Waals surface area contributed by atoms with Crippen LogP contribution in [0.4, 0.5) is 0 Å². The molecule has 1 saturated heterocycles. The van der Waals surface area contributed by atoms with Gasteiger partial charge in [-0.15, -0.1) is 0 Å². The summed E-state index contributed by atoms with van der Waals surface area (Å²) in [5, 5.41) is 3.13. The first-order valence-corrected chi connectivity index (χ1v) is 8.69. The Morgan fingerprint density at radius 1 is 1.19 bits per heavy atom. The van der Waals surface area contributed by atoms with Crippen molar-refractivity contribution in [3.8, 4) is 0 Å². The normalized spacial score (nSPS) is 17.1. The predicted octanol–water partition coefficient (Wildman–Crippen LogP) is 1.51. The van der Waals surface area contributed by atoms with E-state index in [0.717, 1.165) is 0 Å². The van der Waals surface area contributed by atoms with E-state index in [0.29, 0.717) is 44.1 Å². The van der Waals surface area contributed by atoms with Crippen molar-refractivity contribution < 1.29 is 13.2 Å². The number of hydrogen-bond acceptors (Lipinski definition) is 4. The molecule has 2 rings (SSSR count). The minimum atomic E-state index is -3.45. The molecule has 6 heteroatoms. The van der Waals surface area contributed by atoms with E-state index in [1.807, 2.05) is 13.8 Å². The molecule has 0 spiro atoms. The van der Waals surface area contributed by atoms with Crippen molar-refractivity contribution in [2.75, 3.05) is 26.2 Å². The summed E-state index contributed by atoms with van der Waals surface area (Å²) < 4.78 is 26.4. The molecule has 0 atom stereocenters. The fourth-order valence-electron chi connectivity index (χ4n) is 2.34. The van der Waals surface area contributed by atoms with Gasteiger partial charge in [-0.1, -0.05) is 26.0 Å². The molecular weight excluding hydrogens is 288 g/mol. The Kier molecular flexibility index (Phi) is 5.13. The van der Waals surface area contributed by atoms with Gasteiger partial charge in [0.15, 0.2) is 5.78 Å². The maximum atomic E-state index is 12.5. The van der Waals surface area contributed by atoms with Crippen LogP contribution in [0.15, 0.2) is 29.2 Å². The van der Waals surface area contributed by atoms with Gasteiger partial charge in [-0.05, 0) is 18.1 Å². The van der Waals surface area contributed by atoms with E-state index in [9.17, 15) is 13.2 Å². The summed E-state index contributed by atoms with van der Waals surface area (Å²) >= 11 is 0. The summed E-state index contributed by atoms with van der Waals surface area (Å²) in [6.07, 6.45) is 0.476. The van der Waals surface area contributed by atoms with Crippen LogP contribution in [0.25, 0.3) is 0 Å². The SMILES string of the molecule is CC(C)CC(=O)c1ccc(S(=O)(=O)N2CCNCC2)cc1. The van der Waals surface area contributed by atoms with Gasteiger partial charge in [-0.2, -0.15) is 4.31 Å². The number of carbonyl (C=O) groups is 1. The second-order valence-corrected chi connectivity index (χ2v) is 7.64. The average molecular weight is 310 g/mol. The lowest BCUT2D eigenvalue weighted by molar-refractivity contribution is 0.0967. The number of rotatable bonds is 5. The molecule has 1 fully saturated rings. The van der Waals surface area contributed by atoms with Crippen LogP contribution in [0.1, 0.15) is 30.6 Å². The number of benzene rings is 1. The topological polar surface area (TPSA) is 66.5 Å². The molecule has 0 unspecified atom stereocenters. The summed E-state index contributed by atoms with van der Waals surface area (Å²) in [4.78, 5) is 12.2. The molecule has 1 aromatic carbocycles. The molecule has 0 aliphatic carbocycles. The standard InChI is InChI=1S/C15H22N2O3S/c1-12(2)11-15(18)13-3-5-14(6-4-13)21(19,20)17-9-7-16-8-10-17/h3-6,12,16H,7-11H2,1-2H3. The number of nitrogens with zero attached hydrogens (tertiary/aromatic N) is 1. The van der Waals surface area contributed by atoms with Crippen LogP contribution in [0.3, 0.4) is 0 Å². The van der Waals surface area contributed by atoms with Gasteiger partial charge >= 0.3 is 0 Å². The van der Waals surface area contributed by atoms with E-state index in [1.165, 1.54) is 16.4 Å². The molecule has 0 bridgehead atoms. The van der Waals surface area contributed by atoms with Crippen molar-refractivity contribution in [2.45, 2.75) is 25.2 Å². The minimum Gasteiger partial charge on any atom is -0.314 e. The van der Waals surface area contributed by atoms with Crippen molar-refractivity contribution in [3.63, 3.8) is 0 Å². The molecule has 0 radical (unpaired) electrons. The van der Waals surface area contributed by atoms with Crippen LogP contribution < -0.4 is 5.32 Å². The second-order valence-electron chi connectivity index (χ2n) is 5.70. The molecule has 1 heterocycles. The first-order valence-electron chi connectivity index (χ1n) is 7.25. The zero-order valence-electron chi connectivity index (χ0n) is 12.5. The summed E-state index contributed by atoms with van der Waals surface area (Å²) in [6.45, 7) is 6.28. The van der Waals surface area contributed by atoms with Gasteiger partial charge in [-0.25, -0.2) is 8.42 Å². The molecular formula is C15H22N2O3S. The Labute approximate surface area is 126 Å². The Hall–Kier alpha value is -1.24. The van der Waals surface area contributed by atoms with Crippen molar-refractivity contribution in [1.82, 2.24) is 9.62 Å². The maximum absolute atomic E-state index is 12.5. The molecule has 0 aromatic heterocycles. The Bertz CT molecular complexity index is 588. The van der Waals surface area contributed by atoms with E-state index in [2.05, 4.69) is 5.32 Å². The zero-order valence-corrected chi connectivity index (χ0v) is 13.3. The number of Topliss-reactive ketones (excluding diaryl/α,β-unsaturated/α-hetero) is 1. The molecule has 116 valence electrons. The minimum absolute atomic E-state index is 0.0520. The van der Waals surface area contributed by atoms with Crippen LogP contribution >= 0.6 is 0 Å². The lowest BCUT2D eigenvalue weighted by Gasteiger charge is -2.26. The van der Waals surface area contributed by atoms with Gasteiger partial charge in [-0.3, -0.25) is 4.79 Å². The van der Waals surface area contributed by atoms with Crippen LogP contribution in [0.5, 0.6) is 0 Å². The number of piperazine rings is 1. The fraction of sp³-hybridized carbons (Fsp3) is 0.533. The van der Waals surface area contributed by atoms with Gasteiger partial charge in [0.05, 0.1) is 4.90 Å². The lowest BCUT2D eigenvalue weighted by atomic mass is 10.0. The average Bonchev–Trinajstić information content (AvgIpc) is 2.47. The third kappa shape index (κ3) is 3.90. The molecule has 1 N–H and O–H groups in total. The molecule has 0 saturated carbocycles. The van der Waals surface area contributed by atoms with E-state index in [-0.39, 0.29) is 10.7 Å². The maximum Gasteiger partial charge on any atom is 0.243 e. The Morgan fingerprint density at radius 2 is 1.76 bits per heavy atom. The smallest absolute Gasteiger partial charge is 0.243 e. The fourth-order valence-corrected chi connectivity index (χ4v) is 3.78. The zero-order chi connectivity index (χ0) is 15.5. The van der Waals surface area contributed by atoms with Gasteiger partial charge in [0.25, 0.3) is 0 Å². The van der Waals surface area contributed by atoms with E-state index in [4.69, 9.17) is 0 Å². The van der Waals surface area contributed by atoms with Crippen molar-refractivity contribution in [1.29, 1.82) is 0 Å². The van der Waals surface area contributed by atoms with E-state index >= 15 is 0 Å². The second kappa shape index (κ2) is 6.68. The van der Waals surface area contributed by atoms with E-state index in [1.54, 1.807) is 12.1 Å². The molecule has 1 aliphatic rings. The summed E-state index contributed by atoms with van der Waals surface area (Å²) in [5.41, 5.74) is 0.572. The van der Waals surface area contributed by atoms with Crippen molar-refractivity contribution >= 4 is 15.8 Å². The largest absolute Gasteiger partial charge is 0.314 e.